The molecule has 1 unspecified atom stereocenters. The van der Waals surface area contributed by atoms with Crippen LogP contribution in [0.4, 0.5) is 5.69 Å². The van der Waals surface area contributed by atoms with Crippen molar-refractivity contribution in [1.29, 1.82) is 0 Å². The van der Waals surface area contributed by atoms with Crippen molar-refractivity contribution in [3.63, 3.8) is 0 Å². The molecule has 2 N–H and O–H groups in total. The summed E-state index contributed by atoms with van der Waals surface area (Å²) in [5.41, 5.74) is 2.85. The molecule has 1 saturated carbocycles. The molecule has 2 aliphatic rings. The van der Waals surface area contributed by atoms with E-state index in [2.05, 4.69) is 16.4 Å². The molecule has 1 aliphatic heterocycles. The average molecular weight is 313 g/mol. The number of anilines is 1. The highest BCUT2D eigenvalue weighted by Gasteiger charge is 2.42. The Labute approximate surface area is 135 Å². The van der Waals surface area contributed by atoms with E-state index in [0.717, 1.165) is 30.1 Å². The zero-order valence-corrected chi connectivity index (χ0v) is 13.5. The second-order valence-electron chi connectivity index (χ2n) is 6.87. The number of hydrogen-bond acceptors (Lipinski definition) is 3. The summed E-state index contributed by atoms with van der Waals surface area (Å²) in [6, 6.07) is 8.37. The van der Waals surface area contributed by atoms with Crippen LogP contribution in [0.15, 0.2) is 35.3 Å². The molecule has 0 bridgehead atoms. The van der Waals surface area contributed by atoms with Crippen molar-refractivity contribution in [2.75, 3.05) is 11.9 Å². The fraction of sp³-hybridized carbons (Fsp3) is 0.500. The summed E-state index contributed by atoms with van der Waals surface area (Å²) in [4.78, 5) is 14.7. The minimum absolute atomic E-state index is 0.103. The van der Waals surface area contributed by atoms with Crippen molar-refractivity contribution in [2.24, 2.45) is 0 Å². The Kier molecular flexibility index (Phi) is 3.53. The van der Waals surface area contributed by atoms with E-state index >= 15 is 0 Å². The van der Waals surface area contributed by atoms with Crippen molar-refractivity contribution >= 4 is 5.69 Å². The Morgan fingerprint density at radius 2 is 2.17 bits per heavy atom. The number of imidazole rings is 1. The van der Waals surface area contributed by atoms with Gasteiger partial charge in [-0.3, -0.25) is 4.57 Å². The van der Waals surface area contributed by atoms with Gasteiger partial charge >= 0.3 is 5.69 Å². The van der Waals surface area contributed by atoms with Crippen molar-refractivity contribution in [2.45, 2.75) is 50.7 Å². The summed E-state index contributed by atoms with van der Waals surface area (Å²) in [7, 11) is 0. The largest absolute Gasteiger partial charge is 0.380 e. The van der Waals surface area contributed by atoms with Gasteiger partial charge in [0.15, 0.2) is 0 Å². The SMILES string of the molecule is Cc1c[nH]c(=O)n1-c1cccc(NC2COC3(CCCC3)C2)c1. The average Bonchev–Trinajstić information content (AvgIpc) is 3.24. The zero-order chi connectivity index (χ0) is 15.9. The first-order valence-electron chi connectivity index (χ1n) is 8.43. The number of nitrogens with zero attached hydrogens (tertiary/aromatic N) is 1. The molecule has 1 atom stereocenters. The van der Waals surface area contributed by atoms with Gasteiger partial charge in [-0.1, -0.05) is 18.9 Å². The summed E-state index contributed by atoms with van der Waals surface area (Å²) in [5, 5.41) is 3.58. The number of nitrogens with one attached hydrogen (secondary N) is 2. The number of hydrogen-bond donors (Lipinski definition) is 2. The van der Waals surface area contributed by atoms with E-state index in [1.165, 1.54) is 25.7 Å². The molecular formula is C18H23N3O2. The Morgan fingerprint density at radius 3 is 2.91 bits per heavy atom. The van der Waals surface area contributed by atoms with Crippen molar-refractivity contribution in [3.05, 3.63) is 46.6 Å². The Morgan fingerprint density at radius 1 is 1.35 bits per heavy atom. The van der Waals surface area contributed by atoms with E-state index in [0.29, 0.717) is 6.04 Å². The first-order valence-corrected chi connectivity index (χ1v) is 8.43. The van der Waals surface area contributed by atoms with Gasteiger partial charge in [0.2, 0.25) is 0 Å². The predicted octanol–water partition coefficient (Wildman–Crippen LogP) is 2.99. The third-order valence-electron chi connectivity index (χ3n) is 5.16. The molecule has 5 heteroatoms. The van der Waals surface area contributed by atoms with Crippen LogP contribution >= 0.6 is 0 Å². The minimum atomic E-state index is -0.103. The molecule has 122 valence electrons. The van der Waals surface area contributed by atoms with Crippen molar-refractivity contribution < 1.29 is 4.74 Å². The second kappa shape index (κ2) is 5.57. The van der Waals surface area contributed by atoms with Crippen LogP contribution in [0, 0.1) is 6.92 Å². The summed E-state index contributed by atoms with van der Waals surface area (Å²) < 4.78 is 7.79. The lowest BCUT2D eigenvalue weighted by Gasteiger charge is -2.21. The molecule has 1 aliphatic carbocycles. The topological polar surface area (TPSA) is 59.0 Å². The van der Waals surface area contributed by atoms with Gasteiger partial charge in [0.05, 0.1) is 23.9 Å². The maximum atomic E-state index is 11.9. The lowest BCUT2D eigenvalue weighted by molar-refractivity contribution is 0.0103. The maximum absolute atomic E-state index is 11.9. The molecule has 2 fully saturated rings. The third kappa shape index (κ3) is 2.70. The van der Waals surface area contributed by atoms with E-state index in [-0.39, 0.29) is 11.3 Å². The summed E-state index contributed by atoms with van der Waals surface area (Å²) in [6.07, 6.45) is 7.79. The smallest absolute Gasteiger partial charge is 0.330 e. The van der Waals surface area contributed by atoms with Crippen LogP contribution < -0.4 is 11.0 Å². The molecule has 0 amide bonds. The number of rotatable bonds is 3. The van der Waals surface area contributed by atoms with Crippen LogP contribution in [0.1, 0.15) is 37.8 Å². The zero-order valence-electron chi connectivity index (χ0n) is 13.5. The number of aromatic nitrogens is 2. The second-order valence-corrected chi connectivity index (χ2v) is 6.87. The predicted molar refractivity (Wildman–Crippen MR) is 90.3 cm³/mol. The summed E-state index contributed by atoms with van der Waals surface area (Å²) in [6.45, 7) is 2.69. The molecule has 0 radical (unpaired) electrons. The standard InChI is InChI=1S/C18H23N3O2/c1-13-11-19-17(22)21(13)16-6-4-5-14(9-16)20-15-10-18(23-12-15)7-2-3-8-18/h4-6,9,11,15,20H,2-3,7-8,10,12H2,1H3,(H,19,22). The van der Waals surface area contributed by atoms with Crippen LogP contribution in [0.2, 0.25) is 0 Å². The molecule has 1 aromatic heterocycles. The highest BCUT2D eigenvalue weighted by molar-refractivity contribution is 5.52. The molecule has 23 heavy (non-hydrogen) atoms. The van der Waals surface area contributed by atoms with Crippen molar-refractivity contribution in [3.8, 4) is 5.69 Å². The molecule has 4 rings (SSSR count). The van der Waals surface area contributed by atoms with Crippen LogP contribution in [0.5, 0.6) is 0 Å². The molecule has 2 heterocycles. The van der Waals surface area contributed by atoms with E-state index < -0.39 is 0 Å². The molecule has 2 aromatic rings. The Hall–Kier alpha value is -2.01. The van der Waals surface area contributed by atoms with Crippen LogP contribution in [-0.2, 0) is 4.74 Å². The first-order chi connectivity index (χ1) is 11.2. The monoisotopic (exact) mass is 313 g/mol. The van der Waals surface area contributed by atoms with Gasteiger partial charge in [-0.25, -0.2) is 4.79 Å². The molecule has 1 aromatic carbocycles. The highest BCUT2D eigenvalue weighted by Crippen LogP contribution is 2.41. The maximum Gasteiger partial charge on any atom is 0.330 e. The number of benzene rings is 1. The Balaban J connectivity index is 1.52. The van der Waals surface area contributed by atoms with Crippen molar-refractivity contribution in [1.82, 2.24) is 9.55 Å². The quantitative estimate of drug-likeness (QED) is 0.916. The number of aromatic amines is 1. The van der Waals surface area contributed by atoms with Gasteiger partial charge in [-0.05, 0) is 44.4 Å². The number of ether oxygens (including phenoxy) is 1. The Bertz CT molecular complexity index is 756. The lowest BCUT2D eigenvalue weighted by atomic mass is 9.96. The van der Waals surface area contributed by atoms with Gasteiger partial charge in [-0.15, -0.1) is 0 Å². The normalized spacial score (nSPS) is 22.7. The van der Waals surface area contributed by atoms with Gasteiger partial charge in [0.1, 0.15) is 0 Å². The summed E-state index contributed by atoms with van der Waals surface area (Å²) in [5.74, 6) is 0. The first kappa shape index (κ1) is 14.6. The van der Waals surface area contributed by atoms with Gasteiger partial charge in [0.25, 0.3) is 0 Å². The van der Waals surface area contributed by atoms with Crippen LogP contribution in [-0.4, -0.2) is 27.8 Å². The lowest BCUT2D eigenvalue weighted by Crippen LogP contribution is -2.25. The van der Waals surface area contributed by atoms with E-state index in [4.69, 9.17) is 4.74 Å². The molecule has 5 nitrogen and oxygen atoms in total. The molecular weight excluding hydrogens is 290 g/mol. The minimum Gasteiger partial charge on any atom is -0.380 e. The molecule has 1 saturated heterocycles. The van der Waals surface area contributed by atoms with Gasteiger partial charge < -0.3 is 15.0 Å². The fourth-order valence-corrected chi connectivity index (χ4v) is 4.05. The van der Waals surface area contributed by atoms with Crippen LogP contribution in [0.3, 0.4) is 0 Å². The van der Waals surface area contributed by atoms with E-state index in [1.54, 1.807) is 10.8 Å². The summed E-state index contributed by atoms with van der Waals surface area (Å²) >= 11 is 0. The van der Waals surface area contributed by atoms with Crippen LogP contribution in [0.25, 0.3) is 5.69 Å². The highest BCUT2D eigenvalue weighted by atomic mass is 16.5. The fourth-order valence-electron chi connectivity index (χ4n) is 4.05. The number of aryl methyl sites for hydroxylation is 1. The third-order valence-corrected chi connectivity index (χ3v) is 5.16. The molecule has 1 spiro atoms. The van der Waals surface area contributed by atoms with Gasteiger partial charge in [-0.2, -0.15) is 0 Å². The van der Waals surface area contributed by atoms with E-state index in [9.17, 15) is 4.79 Å². The van der Waals surface area contributed by atoms with Gasteiger partial charge in [0, 0.05) is 17.6 Å². The van der Waals surface area contributed by atoms with E-state index in [1.807, 2.05) is 25.1 Å². The number of H-pyrrole nitrogens is 1.